The van der Waals surface area contributed by atoms with E-state index in [0.717, 1.165) is 10.7 Å². The molecule has 0 bridgehead atoms. The first-order chi connectivity index (χ1) is 9.23. The van der Waals surface area contributed by atoms with Gasteiger partial charge in [0.25, 0.3) is 0 Å². The van der Waals surface area contributed by atoms with Gasteiger partial charge in [-0.2, -0.15) is 0 Å². The molecule has 1 aliphatic rings. The van der Waals surface area contributed by atoms with E-state index >= 15 is 0 Å². The topological polar surface area (TPSA) is 86.7 Å². The number of carboxylic acid groups (broad SMARTS) is 1. The Bertz CT molecular complexity index is 640. The number of rotatable bonds is 5. The Morgan fingerprint density at radius 2 is 2.00 bits per heavy atom. The Hall–Kier alpha value is -1.60. The van der Waals surface area contributed by atoms with E-state index in [4.69, 9.17) is 0 Å². The lowest BCUT2D eigenvalue weighted by Crippen LogP contribution is -2.22. The minimum Gasteiger partial charge on any atom is -0.478 e. The summed E-state index contributed by atoms with van der Waals surface area (Å²) < 4.78 is 25.1. The smallest absolute Gasteiger partial charge is 0.337 e. The number of carboxylic acids is 1. The van der Waals surface area contributed by atoms with Gasteiger partial charge in [0.15, 0.2) is 0 Å². The number of hydrogen-bond donors (Lipinski definition) is 2. The van der Waals surface area contributed by atoms with Crippen molar-refractivity contribution in [2.75, 3.05) is 19.4 Å². The molecule has 1 fully saturated rings. The highest BCUT2D eigenvalue weighted by Gasteiger charge is 2.33. The zero-order valence-electron chi connectivity index (χ0n) is 11.6. The SMILES string of the molecule is CC1CC1Nc1ccc(S(=O)(=O)N(C)C)cc1C(=O)O. The highest BCUT2D eigenvalue weighted by Crippen LogP contribution is 2.34. The zero-order valence-corrected chi connectivity index (χ0v) is 12.4. The monoisotopic (exact) mass is 298 g/mol. The molecule has 0 aliphatic heterocycles. The zero-order chi connectivity index (χ0) is 15.1. The van der Waals surface area contributed by atoms with Crippen LogP contribution in [0.3, 0.4) is 0 Å². The van der Waals surface area contributed by atoms with E-state index in [-0.39, 0.29) is 16.5 Å². The molecule has 1 aromatic carbocycles. The summed E-state index contributed by atoms with van der Waals surface area (Å²) in [4.78, 5) is 11.3. The Kier molecular flexibility index (Phi) is 3.75. The summed E-state index contributed by atoms with van der Waals surface area (Å²) in [5.74, 6) is -0.626. The van der Waals surface area contributed by atoms with E-state index in [1.807, 2.05) is 0 Å². The molecule has 1 saturated carbocycles. The maximum absolute atomic E-state index is 12.0. The predicted molar refractivity (Wildman–Crippen MR) is 75.5 cm³/mol. The van der Waals surface area contributed by atoms with Gasteiger partial charge in [-0.05, 0) is 30.5 Å². The number of nitrogens with one attached hydrogen (secondary N) is 1. The highest BCUT2D eigenvalue weighted by molar-refractivity contribution is 7.89. The van der Waals surface area contributed by atoms with Crippen molar-refractivity contribution >= 4 is 21.7 Å². The van der Waals surface area contributed by atoms with Crippen molar-refractivity contribution < 1.29 is 18.3 Å². The van der Waals surface area contributed by atoms with Gasteiger partial charge >= 0.3 is 5.97 Å². The van der Waals surface area contributed by atoms with Crippen LogP contribution in [0.2, 0.25) is 0 Å². The van der Waals surface area contributed by atoms with Crippen LogP contribution in [0, 0.1) is 5.92 Å². The molecular formula is C13H18N2O4S. The Labute approximate surface area is 118 Å². The van der Waals surface area contributed by atoms with Gasteiger partial charge < -0.3 is 10.4 Å². The van der Waals surface area contributed by atoms with Crippen LogP contribution in [0.15, 0.2) is 23.1 Å². The van der Waals surface area contributed by atoms with Crippen molar-refractivity contribution in [1.82, 2.24) is 4.31 Å². The van der Waals surface area contributed by atoms with Crippen molar-refractivity contribution in [3.8, 4) is 0 Å². The summed E-state index contributed by atoms with van der Waals surface area (Å²) in [5, 5.41) is 12.4. The fourth-order valence-electron chi connectivity index (χ4n) is 1.92. The van der Waals surface area contributed by atoms with Gasteiger partial charge in [-0.15, -0.1) is 0 Å². The van der Waals surface area contributed by atoms with Crippen LogP contribution in [-0.4, -0.2) is 43.9 Å². The van der Waals surface area contributed by atoms with Gasteiger partial charge in [-0.25, -0.2) is 17.5 Å². The molecule has 20 heavy (non-hydrogen) atoms. The highest BCUT2D eigenvalue weighted by atomic mass is 32.2. The summed E-state index contributed by atoms with van der Waals surface area (Å²) in [5.41, 5.74) is 0.441. The third-order valence-electron chi connectivity index (χ3n) is 3.45. The molecule has 1 aromatic rings. The fraction of sp³-hybridized carbons (Fsp3) is 0.462. The summed E-state index contributed by atoms with van der Waals surface area (Å²) in [6.45, 7) is 2.07. The van der Waals surface area contributed by atoms with E-state index in [1.165, 1.54) is 32.3 Å². The fourth-order valence-corrected chi connectivity index (χ4v) is 2.85. The number of benzene rings is 1. The van der Waals surface area contributed by atoms with Crippen molar-refractivity contribution in [3.63, 3.8) is 0 Å². The molecule has 0 saturated heterocycles. The normalized spacial score (nSPS) is 21.8. The van der Waals surface area contributed by atoms with Crippen molar-refractivity contribution in [3.05, 3.63) is 23.8 Å². The number of hydrogen-bond acceptors (Lipinski definition) is 4. The van der Waals surface area contributed by atoms with Crippen LogP contribution in [0.25, 0.3) is 0 Å². The van der Waals surface area contributed by atoms with Crippen LogP contribution in [0.5, 0.6) is 0 Å². The first-order valence-corrected chi connectivity index (χ1v) is 7.74. The van der Waals surface area contributed by atoms with Crippen molar-refractivity contribution in [2.24, 2.45) is 5.92 Å². The van der Waals surface area contributed by atoms with Crippen LogP contribution < -0.4 is 5.32 Å². The Morgan fingerprint density at radius 1 is 1.40 bits per heavy atom. The largest absolute Gasteiger partial charge is 0.478 e. The molecular weight excluding hydrogens is 280 g/mol. The van der Waals surface area contributed by atoms with Gasteiger partial charge in [-0.1, -0.05) is 6.92 Å². The third-order valence-corrected chi connectivity index (χ3v) is 5.26. The summed E-state index contributed by atoms with van der Waals surface area (Å²) in [6, 6.07) is 4.42. The molecule has 7 heteroatoms. The number of carbonyl (C=O) groups is 1. The molecule has 6 nitrogen and oxygen atoms in total. The second-order valence-electron chi connectivity index (χ2n) is 5.26. The first-order valence-electron chi connectivity index (χ1n) is 6.30. The van der Waals surface area contributed by atoms with E-state index in [9.17, 15) is 18.3 Å². The summed E-state index contributed by atoms with van der Waals surface area (Å²) in [6.07, 6.45) is 0.997. The summed E-state index contributed by atoms with van der Waals surface area (Å²) >= 11 is 0. The van der Waals surface area contributed by atoms with E-state index < -0.39 is 16.0 Å². The average molecular weight is 298 g/mol. The van der Waals surface area contributed by atoms with Crippen LogP contribution in [0.1, 0.15) is 23.7 Å². The van der Waals surface area contributed by atoms with E-state index in [1.54, 1.807) is 0 Å². The van der Waals surface area contributed by atoms with Gasteiger partial charge in [0.05, 0.1) is 10.5 Å². The molecule has 0 amide bonds. The van der Waals surface area contributed by atoms with E-state index in [0.29, 0.717) is 11.6 Å². The predicted octanol–water partition coefficient (Wildman–Crippen LogP) is 1.46. The Balaban J connectivity index is 2.40. The molecule has 0 heterocycles. The minimum atomic E-state index is -3.63. The lowest BCUT2D eigenvalue weighted by atomic mass is 10.2. The van der Waals surface area contributed by atoms with Gasteiger partial charge in [0, 0.05) is 25.8 Å². The molecule has 2 rings (SSSR count). The molecule has 110 valence electrons. The Morgan fingerprint density at radius 3 is 2.45 bits per heavy atom. The van der Waals surface area contributed by atoms with Gasteiger partial charge in [-0.3, -0.25) is 0 Å². The summed E-state index contributed by atoms with van der Waals surface area (Å²) in [7, 11) is -0.810. The molecule has 2 unspecified atom stereocenters. The lowest BCUT2D eigenvalue weighted by Gasteiger charge is -2.14. The van der Waals surface area contributed by atoms with E-state index in [2.05, 4.69) is 12.2 Å². The standard InChI is InChI=1S/C13H18N2O4S/c1-8-6-12(8)14-11-5-4-9(7-10(11)13(16)17)20(18,19)15(2)3/h4-5,7-8,12,14H,6H2,1-3H3,(H,16,17). The molecule has 0 radical (unpaired) electrons. The maximum Gasteiger partial charge on any atom is 0.337 e. The minimum absolute atomic E-state index is 0.0192. The van der Waals surface area contributed by atoms with Crippen LogP contribution in [0.4, 0.5) is 5.69 Å². The molecule has 0 aromatic heterocycles. The van der Waals surface area contributed by atoms with Crippen LogP contribution >= 0.6 is 0 Å². The number of sulfonamides is 1. The quantitative estimate of drug-likeness (QED) is 0.859. The van der Waals surface area contributed by atoms with Gasteiger partial charge in [0.1, 0.15) is 0 Å². The second-order valence-corrected chi connectivity index (χ2v) is 7.42. The van der Waals surface area contributed by atoms with Crippen molar-refractivity contribution in [2.45, 2.75) is 24.3 Å². The third kappa shape index (κ3) is 2.78. The average Bonchev–Trinajstić information content (AvgIpc) is 3.04. The number of nitrogens with zero attached hydrogens (tertiary/aromatic N) is 1. The maximum atomic E-state index is 12.0. The first kappa shape index (κ1) is 14.8. The van der Waals surface area contributed by atoms with Gasteiger partial charge in [0.2, 0.25) is 10.0 Å². The second kappa shape index (κ2) is 5.06. The molecule has 2 N–H and O–H groups in total. The number of anilines is 1. The number of aromatic carboxylic acids is 1. The molecule has 0 spiro atoms. The lowest BCUT2D eigenvalue weighted by molar-refractivity contribution is 0.0697. The van der Waals surface area contributed by atoms with Crippen LogP contribution in [-0.2, 0) is 10.0 Å². The van der Waals surface area contributed by atoms with Crippen molar-refractivity contribution in [1.29, 1.82) is 0 Å². The molecule has 1 aliphatic carbocycles. The molecule has 2 atom stereocenters.